The number of aliphatic hydroxyl groups is 1. The lowest BCUT2D eigenvalue weighted by Crippen LogP contribution is -2.36. The number of aliphatic hydroxyl groups excluding tert-OH is 1. The molecule has 7 heteroatoms. The molecule has 1 amide bonds. The van der Waals surface area contributed by atoms with Crippen LogP contribution in [-0.4, -0.2) is 39.1 Å². The van der Waals surface area contributed by atoms with Crippen molar-refractivity contribution >= 4 is 21.6 Å². The minimum absolute atomic E-state index is 0.00665. The summed E-state index contributed by atoms with van der Waals surface area (Å²) >= 11 is 0. The van der Waals surface area contributed by atoms with Crippen molar-refractivity contribution in [3.8, 4) is 0 Å². The van der Waals surface area contributed by atoms with E-state index >= 15 is 0 Å². The van der Waals surface area contributed by atoms with Crippen LogP contribution in [0.25, 0.3) is 0 Å². The summed E-state index contributed by atoms with van der Waals surface area (Å²) in [5, 5.41) is 9.37. The van der Waals surface area contributed by atoms with Crippen LogP contribution in [0.15, 0.2) is 17.0 Å². The predicted molar refractivity (Wildman–Crippen MR) is 96.2 cm³/mol. The maximum atomic E-state index is 12.7. The van der Waals surface area contributed by atoms with Gasteiger partial charge in [0.2, 0.25) is 15.9 Å². The van der Waals surface area contributed by atoms with E-state index in [-0.39, 0.29) is 29.4 Å². The smallest absolute Gasteiger partial charge is 0.240 e. The molecule has 3 rings (SSSR count). The molecule has 1 aromatic rings. The minimum atomic E-state index is -3.69. The van der Waals surface area contributed by atoms with Crippen LogP contribution in [0.2, 0.25) is 0 Å². The third kappa shape index (κ3) is 2.88. The molecule has 1 aliphatic heterocycles. The number of carbonyl (C=O) groups is 1. The number of nitrogens with one attached hydrogen (secondary N) is 1. The van der Waals surface area contributed by atoms with Gasteiger partial charge in [0, 0.05) is 25.1 Å². The highest BCUT2D eigenvalue weighted by molar-refractivity contribution is 7.89. The first-order chi connectivity index (χ1) is 11.6. The highest BCUT2D eigenvalue weighted by Crippen LogP contribution is 2.46. The summed E-state index contributed by atoms with van der Waals surface area (Å²) in [7, 11) is -3.69. The fourth-order valence-corrected chi connectivity index (χ4v) is 4.76. The largest absolute Gasteiger partial charge is 0.396 e. The van der Waals surface area contributed by atoms with Gasteiger partial charge in [0.25, 0.3) is 0 Å². The molecule has 0 radical (unpaired) electrons. The van der Waals surface area contributed by atoms with Crippen LogP contribution < -0.4 is 9.62 Å². The van der Waals surface area contributed by atoms with Gasteiger partial charge in [-0.2, -0.15) is 0 Å². The molecular formula is C18H26N2O4S. The van der Waals surface area contributed by atoms with Gasteiger partial charge in [0.05, 0.1) is 16.0 Å². The number of benzene rings is 1. The van der Waals surface area contributed by atoms with Gasteiger partial charge in [-0.1, -0.05) is 0 Å². The number of carbonyl (C=O) groups excluding carboxylic acids is 1. The van der Waals surface area contributed by atoms with Gasteiger partial charge in [-0.15, -0.1) is 0 Å². The lowest BCUT2D eigenvalue weighted by Gasteiger charge is -2.18. The number of hydrogen-bond acceptors (Lipinski definition) is 4. The standard InChI is InChI=1S/C18H26N2O4S/c1-5-20-15-12(2)8-13(9-14(15)17(3,4)16(20)22)25(23,24)19-10-18(11-21)6-7-18/h8-9,19,21H,5-7,10-11H2,1-4H3. The SMILES string of the molecule is CCN1C(=O)C(C)(C)c2cc(S(=O)(=O)NCC3(CO)CC3)cc(C)c21. The first-order valence-electron chi connectivity index (χ1n) is 8.65. The molecule has 0 unspecified atom stereocenters. The van der Waals surface area contributed by atoms with Crippen LogP contribution >= 0.6 is 0 Å². The van der Waals surface area contributed by atoms with Crippen LogP contribution in [-0.2, 0) is 20.2 Å². The average Bonchev–Trinajstić information content (AvgIpc) is 3.31. The van der Waals surface area contributed by atoms with Crippen molar-refractivity contribution in [1.82, 2.24) is 4.72 Å². The third-order valence-electron chi connectivity index (χ3n) is 5.55. The molecule has 6 nitrogen and oxygen atoms in total. The molecule has 25 heavy (non-hydrogen) atoms. The van der Waals surface area contributed by atoms with Crippen molar-refractivity contribution in [3.05, 3.63) is 23.3 Å². The van der Waals surface area contributed by atoms with Gasteiger partial charge in [-0.05, 0) is 63.8 Å². The predicted octanol–water partition coefficient (Wildman–Crippen LogP) is 1.69. The first-order valence-corrected chi connectivity index (χ1v) is 10.1. The topological polar surface area (TPSA) is 86.7 Å². The highest BCUT2D eigenvalue weighted by atomic mass is 32.2. The fourth-order valence-electron chi connectivity index (χ4n) is 3.49. The summed E-state index contributed by atoms with van der Waals surface area (Å²) in [5.41, 5.74) is 1.31. The van der Waals surface area contributed by atoms with E-state index in [1.54, 1.807) is 17.0 Å². The van der Waals surface area contributed by atoms with Crippen molar-refractivity contribution in [3.63, 3.8) is 0 Å². The lowest BCUT2D eigenvalue weighted by atomic mass is 9.85. The maximum absolute atomic E-state index is 12.7. The average molecular weight is 366 g/mol. The zero-order valence-corrected chi connectivity index (χ0v) is 16.0. The second kappa shape index (κ2) is 5.79. The Kier molecular flexibility index (Phi) is 4.25. The van der Waals surface area contributed by atoms with Crippen molar-refractivity contribution in [2.24, 2.45) is 5.41 Å². The van der Waals surface area contributed by atoms with Crippen LogP contribution in [0.3, 0.4) is 0 Å². The third-order valence-corrected chi connectivity index (χ3v) is 6.93. The van der Waals surface area contributed by atoms with Crippen molar-refractivity contribution in [2.45, 2.75) is 50.8 Å². The summed E-state index contributed by atoms with van der Waals surface area (Å²) in [6.45, 7) is 8.21. The van der Waals surface area contributed by atoms with Gasteiger partial charge >= 0.3 is 0 Å². The maximum Gasteiger partial charge on any atom is 0.240 e. The Morgan fingerprint density at radius 1 is 1.28 bits per heavy atom. The summed E-state index contributed by atoms with van der Waals surface area (Å²) < 4.78 is 28.1. The molecule has 1 heterocycles. The number of sulfonamides is 1. The molecule has 0 spiro atoms. The van der Waals surface area contributed by atoms with E-state index in [0.29, 0.717) is 6.54 Å². The summed E-state index contributed by atoms with van der Waals surface area (Å²) in [6.07, 6.45) is 1.67. The number of hydrogen-bond donors (Lipinski definition) is 2. The Morgan fingerprint density at radius 2 is 1.92 bits per heavy atom. The molecule has 0 aromatic heterocycles. The number of amides is 1. The van der Waals surface area contributed by atoms with Crippen molar-refractivity contribution in [2.75, 3.05) is 24.6 Å². The second-order valence-corrected chi connectivity index (χ2v) is 9.56. The quantitative estimate of drug-likeness (QED) is 0.802. The van der Waals surface area contributed by atoms with E-state index in [4.69, 9.17) is 0 Å². The monoisotopic (exact) mass is 366 g/mol. The summed E-state index contributed by atoms with van der Waals surface area (Å²) in [6, 6.07) is 3.24. The van der Waals surface area contributed by atoms with Gasteiger partial charge < -0.3 is 10.0 Å². The van der Waals surface area contributed by atoms with Crippen LogP contribution in [0.1, 0.15) is 44.7 Å². The Hall–Kier alpha value is -1.44. The molecule has 1 aromatic carbocycles. The van der Waals surface area contributed by atoms with Gasteiger partial charge in [-0.25, -0.2) is 13.1 Å². The molecular weight excluding hydrogens is 340 g/mol. The Balaban J connectivity index is 1.99. The van der Waals surface area contributed by atoms with E-state index < -0.39 is 15.4 Å². The van der Waals surface area contributed by atoms with Gasteiger partial charge in [0.15, 0.2) is 0 Å². The molecule has 2 aliphatic rings. The van der Waals surface area contributed by atoms with E-state index in [2.05, 4.69) is 4.72 Å². The van der Waals surface area contributed by atoms with Crippen LogP contribution in [0.4, 0.5) is 5.69 Å². The molecule has 0 atom stereocenters. The summed E-state index contributed by atoms with van der Waals surface area (Å²) in [5.74, 6) is -0.00665. The molecule has 0 bridgehead atoms. The first kappa shape index (κ1) is 18.4. The fraction of sp³-hybridized carbons (Fsp3) is 0.611. The van der Waals surface area contributed by atoms with Crippen LogP contribution in [0, 0.1) is 12.3 Å². The van der Waals surface area contributed by atoms with Crippen molar-refractivity contribution in [1.29, 1.82) is 0 Å². The van der Waals surface area contributed by atoms with E-state index in [0.717, 1.165) is 29.7 Å². The zero-order chi connectivity index (χ0) is 18.6. The Bertz CT molecular complexity index is 826. The number of fused-ring (bicyclic) bond motifs is 1. The number of aryl methyl sites for hydroxylation is 1. The molecule has 1 fully saturated rings. The van der Waals surface area contributed by atoms with E-state index in [1.165, 1.54) is 0 Å². The van der Waals surface area contributed by atoms with Crippen molar-refractivity contribution < 1.29 is 18.3 Å². The molecule has 1 aliphatic carbocycles. The number of nitrogens with zero attached hydrogens (tertiary/aromatic N) is 1. The number of likely N-dealkylation sites (N-methyl/N-ethyl adjacent to an activating group) is 1. The minimum Gasteiger partial charge on any atom is -0.396 e. The molecule has 2 N–H and O–H groups in total. The number of anilines is 1. The van der Waals surface area contributed by atoms with Crippen LogP contribution in [0.5, 0.6) is 0 Å². The normalized spacial score (nSPS) is 20.7. The molecule has 0 saturated heterocycles. The molecule has 138 valence electrons. The van der Waals surface area contributed by atoms with E-state index in [9.17, 15) is 18.3 Å². The molecule has 1 saturated carbocycles. The zero-order valence-electron chi connectivity index (χ0n) is 15.2. The highest BCUT2D eigenvalue weighted by Gasteiger charge is 2.45. The lowest BCUT2D eigenvalue weighted by molar-refractivity contribution is -0.122. The Labute approximate surface area is 149 Å². The van der Waals surface area contributed by atoms with Gasteiger partial charge in [0.1, 0.15) is 0 Å². The van der Waals surface area contributed by atoms with Gasteiger partial charge in [-0.3, -0.25) is 4.79 Å². The van der Waals surface area contributed by atoms with E-state index in [1.807, 2.05) is 27.7 Å². The number of rotatable bonds is 6. The summed E-state index contributed by atoms with van der Waals surface area (Å²) in [4.78, 5) is 14.6. The Morgan fingerprint density at radius 3 is 2.44 bits per heavy atom. The second-order valence-electron chi connectivity index (χ2n) is 7.79.